The summed E-state index contributed by atoms with van der Waals surface area (Å²) >= 11 is 0. The van der Waals surface area contributed by atoms with Gasteiger partial charge in [0, 0.05) is 11.8 Å². The van der Waals surface area contributed by atoms with Gasteiger partial charge in [0.2, 0.25) is 10.0 Å². The number of aromatic nitrogens is 1. The average Bonchev–Trinajstić information content (AvgIpc) is 3.62. The first-order chi connectivity index (χ1) is 14.7. The molecule has 1 fully saturated rings. The van der Waals surface area contributed by atoms with Crippen molar-refractivity contribution < 1.29 is 31.5 Å². The number of carbonyl (C=O) groups is 1. The summed E-state index contributed by atoms with van der Waals surface area (Å²) in [4.78, 5) is 15.3. The number of nitrogens with zero attached hydrogens (tertiary/aromatic N) is 1. The highest BCUT2D eigenvalue weighted by Crippen LogP contribution is 2.27. The first-order valence-electron chi connectivity index (χ1n) is 9.57. The van der Waals surface area contributed by atoms with E-state index in [-0.39, 0.29) is 17.4 Å². The topological polar surface area (TPSA) is 108 Å². The zero-order valence-corrected chi connectivity index (χ0v) is 17.2. The molecule has 1 aromatic heterocycles. The first kappa shape index (κ1) is 23.2. The first-order valence-corrected chi connectivity index (χ1v) is 11.1. The second kappa shape index (κ2) is 9.75. The molecule has 11 heteroatoms. The lowest BCUT2D eigenvalue weighted by Crippen LogP contribution is -2.43. The Bertz CT molecular complexity index is 997. The van der Waals surface area contributed by atoms with Gasteiger partial charge in [-0.05, 0) is 30.0 Å². The molecular weight excluding hydrogens is 435 g/mol. The fourth-order valence-electron chi connectivity index (χ4n) is 2.92. The van der Waals surface area contributed by atoms with Crippen molar-refractivity contribution in [2.24, 2.45) is 0 Å². The van der Waals surface area contributed by atoms with Crippen molar-refractivity contribution in [3.63, 3.8) is 0 Å². The molecule has 0 unspecified atom stereocenters. The van der Waals surface area contributed by atoms with Gasteiger partial charge in [-0.15, -0.1) is 0 Å². The van der Waals surface area contributed by atoms with Crippen molar-refractivity contribution in [1.82, 2.24) is 15.0 Å². The van der Waals surface area contributed by atoms with Crippen LogP contribution in [0.2, 0.25) is 0 Å². The molecule has 168 valence electrons. The SMILES string of the molecule is O=C(N[C@H](CF)[C@@H](O)c1ccc(-c2ccc(CNS(=O)(=O)C3CC3)nc2)cc1)C(F)F. The Kier molecular flexibility index (Phi) is 7.29. The summed E-state index contributed by atoms with van der Waals surface area (Å²) < 4.78 is 64.1. The monoisotopic (exact) mass is 457 g/mol. The van der Waals surface area contributed by atoms with E-state index in [9.17, 15) is 31.5 Å². The Labute approximate surface area is 177 Å². The molecule has 31 heavy (non-hydrogen) atoms. The summed E-state index contributed by atoms with van der Waals surface area (Å²) in [7, 11) is -3.29. The molecule has 2 aromatic rings. The Morgan fingerprint density at radius 3 is 2.29 bits per heavy atom. The number of benzene rings is 1. The Morgan fingerprint density at radius 2 is 1.77 bits per heavy atom. The molecule has 3 rings (SSSR count). The van der Waals surface area contributed by atoms with Gasteiger partial charge in [0.25, 0.3) is 5.91 Å². The lowest BCUT2D eigenvalue weighted by Gasteiger charge is -2.22. The molecule has 7 nitrogen and oxygen atoms in total. The van der Waals surface area contributed by atoms with Crippen LogP contribution < -0.4 is 10.0 Å². The smallest absolute Gasteiger partial charge is 0.315 e. The van der Waals surface area contributed by atoms with Gasteiger partial charge in [-0.25, -0.2) is 17.5 Å². The predicted molar refractivity (Wildman–Crippen MR) is 107 cm³/mol. The van der Waals surface area contributed by atoms with Crippen molar-refractivity contribution in [3.8, 4) is 11.1 Å². The van der Waals surface area contributed by atoms with Crippen molar-refractivity contribution in [3.05, 3.63) is 53.9 Å². The molecule has 1 saturated carbocycles. The molecule has 1 aliphatic rings. The summed E-state index contributed by atoms with van der Waals surface area (Å²) in [6.07, 6.45) is -1.88. The van der Waals surface area contributed by atoms with Crippen LogP contribution in [0.1, 0.15) is 30.2 Å². The van der Waals surface area contributed by atoms with E-state index in [0.29, 0.717) is 18.5 Å². The van der Waals surface area contributed by atoms with E-state index >= 15 is 0 Å². The average molecular weight is 457 g/mol. The van der Waals surface area contributed by atoms with Gasteiger partial charge in [0.15, 0.2) is 0 Å². The molecule has 0 saturated heterocycles. The number of hydrogen-bond acceptors (Lipinski definition) is 5. The third kappa shape index (κ3) is 6.02. The molecule has 0 aliphatic heterocycles. The molecule has 2 atom stereocenters. The fourth-order valence-corrected chi connectivity index (χ4v) is 4.26. The summed E-state index contributed by atoms with van der Waals surface area (Å²) in [6.45, 7) is -1.11. The highest BCUT2D eigenvalue weighted by atomic mass is 32.2. The third-order valence-corrected chi connectivity index (χ3v) is 6.80. The number of hydrogen-bond donors (Lipinski definition) is 3. The minimum absolute atomic E-state index is 0.0964. The number of aliphatic hydroxyl groups excluding tert-OH is 1. The molecule has 3 N–H and O–H groups in total. The zero-order valence-electron chi connectivity index (χ0n) is 16.3. The number of nitrogens with one attached hydrogen (secondary N) is 2. The van der Waals surface area contributed by atoms with Gasteiger partial charge in [-0.2, -0.15) is 8.78 Å². The van der Waals surface area contributed by atoms with Crippen LogP contribution in [-0.2, 0) is 21.4 Å². The van der Waals surface area contributed by atoms with Crippen LogP contribution >= 0.6 is 0 Å². The molecule has 1 aromatic carbocycles. The largest absolute Gasteiger partial charge is 0.386 e. The summed E-state index contributed by atoms with van der Waals surface area (Å²) in [5.74, 6) is -1.65. The van der Waals surface area contributed by atoms with Crippen LogP contribution in [0.4, 0.5) is 13.2 Å². The quantitative estimate of drug-likeness (QED) is 0.506. The highest BCUT2D eigenvalue weighted by Gasteiger charge is 2.35. The van der Waals surface area contributed by atoms with Crippen molar-refractivity contribution in [2.75, 3.05) is 6.67 Å². The van der Waals surface area contributed by atoms with E-state index < -0.39 is 41.2 Å². The third-order valence-electron chi connectivity index (χ3n) is 4.90. The second-order valence-electron chi connectivity index (χ2n) is 7.24. The van der Waals surface area contributed by atoms with Crippen molar-refractivity contribution in [2.45, 2.75) is 43.2 Å². The molecule has 1 amide bonds. The fraction of sp³-hybridized carbons (Fsp3) is 0.400. The van der Waals surface area contributed by atoms with E-state index in [2.05, 4.69) is 9.71 Å². The number of amides is 1. The Hall–Kier alpha value is -2.50. The number of alkyl halides is 3. The van der Waals surface area contributed by atoms with Crippen molar-refractivity contribution in [1.29, 1.82) is 0 Å². The van der Waals surface area contributed by atoms with E-state index in [1.54, 1.807) is 35.8 Å². The second-order valence-corrected chi connectivity index (χ2v) is 9.29. The van der Waals surface area contributed by atoms with Gasteiger partial charge < -0.3 is 10.4 Å². The molecule has 1 aliphatic carbocycles. The molecular formula is C20H22F3N3O4S. The highest BCUT2D eigenvalue weighted by molar-refractivity contribution is 7.90. The minimum Gasteiger partial charge on any atom is -0.386 e. The number of aliphatic hydroxyl groups is 1. The predicted octanol–water partition coefficient (Wildman–Crippen LogP) is 2.08. The van der Waals surface area contributed by atoms with E-state index in [0.717, 1.165) is 11.1 Å². The molecule has 0 radical (unpaired) electrons. The Balaban J connectivity index is 1.63. The van der Waals surface area contributed by atoms with Crippen molar-refractivity contribution >= 4 is 15.9 Å². The van der Waals surface area contributed by atoms with Crippen LogP contribution in [0, 0.1) is 0 Å². The summed E-state index contributed by atoms with van der Waals surface area (Å²) in [5, 5.41) is 11.7. The standard InChI is InChI=1S/C20H22F3N3O4S/c21-9-17(26-20(28)19(22)23)18(27)13-3-1-12(2-4-13)14-5-6-15(24-10-14)11-25-31(29,30)16-7-8-16/h1-6,10,16-19,25,27H,7-9,11H2,(H,26,28)/t17-,18+/m1/s1. The molecule has 1 heterocycles. The Morgan fingerprint density at radius 1 is 1.13 bits per heavy atom. The van der Waals surface area contributed by atoms with Crippen LogP contribution in [-0.4, -0.2) is 48.8 Å². The number of halogens is 3. The van der Waals surface area contributed by atoms with Crippen LogP contribution in [0.15, 0.2) is 42.6 Å². The van der Waals surface area contributed by atoms with E-state index in [1.807, 2.05) is 0 Å². The summed E-state index contributed by atoms with van der Waals surface area (Å²) in [5.41, 5.74) is 2.26. The number of sulfonamides is 1. The van der Waals surface area contributed by atoms with Gasteiger partial charge in [-0.1, -0.05) is 30.3 Å². The maximum Gasteiger partial charge on any atom is 0.315 e. The number of pyridine rings is 1. The van der Waals surface area contributed by atoms with Gasteiger partial charge >= 0.3 is 6.43 Å². The number of carbonyl (C=O) groups excluding carboxylic acids is 1. The maximum absolute atomic E-state index is 13.1. The van der Waals surface area contributed by atoms with E-state index in [4.69, 9.17) is 0 Å². The lowest BCUT2D eigenvalue weighted by atomic mass is 9.99. The van der Waals surface area contributed by atoms with Gasteiger partial charge in [0.1, 0.15) is 12.8 Å². The van der Waals surface area contributed by atoms with Gasteiger partial charge in [0.05, 0.1) is 23.5 Å². The van der Waals surface area contributed by atoms with Crippen LogP contribution in [0.3, 0.4) is 0 Å². The normalized spacial score (nSPS) is 16.2. The van der Waals surface area contributed by atoms with E-state index in [1.165, 1.54) is 12.1 Å². The summed E-state index contributed by atoms with van der Waals surface area (Å²) in [6, 6.07) is 8.21. The maximum atomic E-state index is 13.1. The molecule has 0 bridgehead atoms. The zero-order chi connectivity index (χ0) is 22.6. The van der Waals surface area contributed by atoms with Gasteiger partial charge in [-0.3, -0.25) is 9.78 Å². The number of rotatable bonds is 10. The van der Waals surface area contributed by atoms with Crippen LogP contribution in [0.5, 0.6) is 0 Å². The molecule has 0 spiro atoms. The van der Waals surface area contributed by atoms with Crippen LogP contribution in [0.25, 0.3) is 11.1 Å². The lowest BCUT2D eigenvalue weighted by molar-refractivity contribution is -0.133. The minimum atomic E-state index is -3.30.